The number of aliphatic hydroxyl groups is 1. The Morgan fingerprint density at radius 3 is 2.71 bits per heavy atom. The molecule has 0 radical (unpaired) electrons. The molecule has 8 heteroatoms. The molecular weight excluding hydrogens is 230 g/mol. The summed E-state index contributed by atoms with van der Waals surface area (Å²) < 4.78 is 0. The standard InChI is InChI=1S/C9H13N3O5/c1-10-3-7(14)11(9(10)16)4-8(15)12-2-6(13)5-17-12/h6,13H,2-5H2,1H3/t6-/m1/s1. The largest absolute Gasteiger partial charge is 0.389 e. The Hall–Kier alpha value is -1.67. The summed E-state index contributed by atoms with van der Waals surface area (Å²) in [6.07, 6.45) is -0.716. The number of likely N-dealkylation sites (N-methyl/N-ethyl adjacent to an activating group) is 1. The summed E-state index contributed by atoms with van der Waals surface area (Å²) in [6, 6.07) is -0.497. The molecule has 2 heterocycles. The highest BCUT2D eigenvalue weighted by Crippen LogP contribution is 2.11. The number of hydrogen-bond acceptors (Lipinski definition) is 5. The van der Waals surface area contributed by atoms with Crippen LogP contribution in [0.4, 0.5) is 4.79 Å². The van der Waals surface area contributed by atoms with E-state index in [0.717, 1.165) is 9.96 Å². The summed E-state index contributed by atoms with van der Waals surface area (Å²) in [4.78, 5) is 41.6. The summed E-state index contributed by atoms with van der Waals surface area (Å²) in [5.41, 5.74) is 0. The number of aliphatic hydroxyl groups excluding tert-OH is 1. The zero-order chi connectivity index (χ0) is 12.6. The molecule has 2 fully saturated rings. The van der Waals surface area contributed by atoms with E-state index in [9.17, 15) is 19.5 Å². The third-order valence-corrected chi connectivity index (χ3v) is 2.60. The van der Waals surface area contributed by atoms with E-state index in [4.69, 9.17) is 4.84 Å². The summed E-state index contributed by atoms with van der Waals surface area (Å²) >= 11 is 0. The molecule has 17 heavy (non-hydrogen) atoms. The first-order chi connectivity index (χ1) is 7.99. The molecule has 4 amide bonds. The molecule has 94 valence electrons. The summed E-state index contributed by atoms with van der Waals surface area (Å²) in [5.74, 6) is -0.927. The molecule has 2 aliphatic heterocycles. The average Bonchev–Trinajstić information content (AvgIpc) is 2.79. The van der Waals surface area contributed by atoms with Crippen LogP contribution in [0.2, 0.25) is 0 Å². The minimum Gasteiger partial charge on any atom is -0.389 e. The Kier molecular flexibility index (Phi) is 2.99. The Balaban J connectivity index is 1.95. The smallest absolute Gasteiger partial charge is 0.327 e. The molecule has 2 aliphatic rings. The lowest BCUT2D eigenvalue weighted by Gasteiger charge is -2.18. The van der Waals surface area contributed by atoms with Gasteiger partial charge in [0, 0.05) is 7.05 Å². The van der Waals surface area contributed by atoms with Crippen molar-refractivity contribution in [3.8, 4) is 0 Å². The number of imide groups is 1. The van der Waals surface area contributed by atoms with Crippen LogP contribution in [-0.2, 0) is 14.4 Å². The summed E-state index contributed by atoms with van der Waals surface area (Å²) in [5, 5.41) is 10.2. The second-order valence-electron chi connectivity index (χ2n) is 4.02. The first kappa shape index (κ1) is 11.8. The topological polar surface area (TPSA) is 90.4 Å². The predicted molar refractivity (Wildman–Crippen MR) is 53.4 cm³/mol. The average molecular weight is 243 g/mol. The van der Waals surface area contributed by atoms with Crippen LogP contribution in [0, 0.1) is 0 Å². The van der Waals surface area contributed by atoms with Crippen LogP contribution < -0.4 is 0 Å². The van der Waals surface area contributed by atoms with Gasteiger partial charge in [-0.25, -0.2) is 9.86 Å². The SMILES string of the molecule is CN1CC(=O)N(CC(=O)N2C[C@@H](O)CO2)C1=O. The van der Waals surface area contributed by atoms with E-state index in [1.165, 1.54) is 11.9 Å². The second-order valence-corrected chi connectivity index (χ2v) is 4.02. The molecule has 1 atom stereocenters. The van der Waals surface area contributed by atoms with Gasteiger partial charge < -0.3 is 10.0 Å². The van der Waals surface area contributed by atoms with E-state index in [2.05, 4.69) is 0 Å². The molecule has 0 aliphatic carbocycles. The third-order valence-electron chi connectivity index (χ3n) is 2.60. The van der Waals surface area contributed by atoms with Gasteiger partial charge in [0.25, 0.3) is 11.8 Å². The Morgan fingerprint density at radius 1 is 1.53 bits per heavy atom. The zero-order valence-corrected chi connectivity index (χ0v) is 9.33. The number of β-amino-alcohol motifs (C(OH)–C–C–N with tert-alkyl or cyclic N) is 1. The number of nitrogens with zero attached hydrogens (tertiary/aromatic N) is 3. The van der Waals surface area contributed by atoms with Crippen LogP contribution in [0.3, 0.4) is 0 Å². The molecule has 8 nitrogen and oxygen atoms in total. The summed E-state index contributed by atoms with van der Waals surface area (Å²) in [6.45, 7) is -0.261. The molecule has 0 spiro atoms. The molecule has 0 unspecified atom stereocenters. The number of rotatable bonds is 2. The van der Waals surface area contributed by atoms with Gasteiger partial charge in [0.2, 0.25) is 0 Å². The van der Waals surface area contributed by atoms with Gasteiger partial charge in [-0.15, -0.1) is 0 Å². The molecular formula is C9H13N3O5. The van der Waals surface area contributed by atoms with Gasteiger partial charge >= 0.3 is 6.03 Å². The van der Waals surface area contributed by atoms with E-state index >= 15 is 0 Å². The van der Waals surface area contributed by atoms with Crippen molar-refractivity contribution in [1.29, 1.82) is 0 Å². The maximum atomic E-state index is 11.7. The van der Waals surface area contributed by atoms with Gasteiger partial charge in [-0.05, 0) is 0 Å². The lowest BCUT2D eigenvalue weighted by molar-refractivity contribution is -0.169. The van der Waals surface area contributed by atoms with Gasteiger partial charge in [0.15, 0.2) is 0 Å². The number of urea groups is 1. The summed E-state index contributed by atoms with van der Waals surface area (Å²) in [7, 11) is 1.49. The van der Waals surface area contributed by atoms with Crippen molar-refractivity contribution < 1.29 is 24.3 Å². The van der Waals surface area contributed by atoms with Gasteiger partial charge in [0.05, 0.1) is 12.6 Å². The Bertz CT molecular complexity index is 372. The van der Waals surface area contributed by atoms with E-state index in [1.54, 1.807) is 0 Å². The van der Waals surface area contributed by atoms with Gasteiger partial charge in [-0.3, -0.25) is 19.3 Å². The van der Waals surface area contributed by atoms with Crippen LogP contribution in [0.25, 0.3) is 0 Å². The van der Waals surface area contributed by atoms with Crippen molar-refractivity contribution in [1.82, 2.24) is 14.9 Å². The number of carbonyl (C=O) groups excluding carboxylic acids is 3. The highest BCUT2D eigenvalue weighted by Gasteiger charge is 2.37. The quantitative estimate of drug-likeness (QED) is 0.567. The molecule has 0 aromatic heterocycles. The van der Waals surface area contributed by atoms with Crippen LogP contribution in [0.5, 0.6) is 0 Å². The highest BCUT2D eigenvalue weighted by molar-refractivity contribution is 6.04. The van der Waals surface area contributed by atoms with Crippen molar-refractivity contribution in [3.05, 3.63) is 0 Å². The Labute approximate surface area is 97.3 Å². The predicted octanol–water partition coefficient (Wildman–Crippen LogP) is -1.98. The van der Waals surface area contributed by atoms with E-state index in [0.29, 0.717) is 0 Å². The van der Waals surface area contributed by atoms with Crippen LogP contribution in [0.1, 0.15) is 0 Å². The molecule has 1 N–H and O–H groups in total. The third kappa shape index (κ3) is 2.22. The fraction of sp³-hybridized carbons (Fsp3) is 0.667. The first-order valence-electron chi connectivity index (χ1n) is 5.16. The minimum absolute atomic E-state index is 0.0183. The molecule has 0 aromatic rings. The van der Waals surface area contributed by atoms with Crippen molar-refractivity contribution in [2.24, 2.45) is 0 Å². The van der Waals surface area contributed by atoms with Gasteiger partial charge in [-0.1, -0.05) is 0 Å². The van der Waals surface area contributed by atoms with Crippen molar-refractivity contribution in [3.63, 3.8) is 0 Å². The van der Waals surface area contributed by atoms with Crippen LogP contribution in [-0.4, -0.2) is 77.2 Å². The monoisotopic (exact) mass is 243 g/mol. The van der Waals surface area contributed by atoms with E-state index in [-0.39, 0.29) is 26.2 Å². The lowest BCUT2D eigenvalue weighted by atomic mass is 10.4. The molecule has 2 rings (SSSR count). The minimum atomic E-state index is -0.716. The highest BCUT2D eigenvalue weighted by atomic mass is 16.7. The lowest BCUT2D eigenvalue weighted by Crippen LogP contribution is -2.42. The number of hydroxylamine groups is 2. The molecule has 2 saturated heterocycles. The van der Waals surface area contributed by atoms with Crippen molar-refractivity contribution in [2.45, 2.75) is 6.10 Å². The van der Waals surface area contributed by atoms with E-state index < -0.39 is 23.9 Å². The van der Waals surface area contributed by atoms with Gasteiger partial charge in [0.1, 0.15) is 19.7 Å². The number of amides is 4. The van der Waals surface area contributed by atoms with Crippen LogP contribution in [0.15, 0.2) is 0 Å². The Morgan fingerprint density at radius 2 is 2.24 bits per heavy atom. The number of hydrogen-bond donors (Lipinski definition) is 1. The molecule has 0 bridgehead atoms. The first-order valence-corrected chi connectivity index (χ1v) is 5.16. The van der Waals surface area contributed by atoms with Crippen molar-refractivity contribution in [2.75, 3.05) is 33.3 Å². The van der Waals surface area contributed by atoms with Crippen molar-refractivity contribution >= 4 is 17.8 Å². The maximum Gasteiger partial charge on any atom is 0.327 e. The fourth-order valence-electron chi connectivity index (χ4n) is 1.69. The second kappa shape index (κ2) is 4.30. The number of carbonyl (C=O) groups is 3. The van der Waals surface area contributed by atoms with Crippen LogP contribution >= 0.6 is 0 Å². The van der Waals surface area contributed by atoms with Gasteiger partial charge in [-0.2, -0.15) is 0 Å². The normalized spacial score (nSPS) is 25.1. The zero-order valence-electron chi connectivity index (χ0n) is 9.33. The maximum absolute atomic E-state index is 11.7. The molecule has 0 aromatic carbocycles. The fourth-order valence-corrected chi connectivity index (χ4v) is 1.69. The molecule has 0 saturated carbocycles. The van der Waals surface area contributed by atoms with E-state index in [1.807, 2.05) is 0 Å².